The van der Waals surface area contributed by atoms with Gasteiger partial charge >= 0.3 is 0 Å². The molecule has 2 aromatic carbocycles. The Morgan fingerprint density at radius 2 is 1.58 bits per heavy atom. The minimum atomic E-state index is -0.114. The Bertz CT molecular complexity index is 846. The van der Waals surface area contributed by atoms with Crippen LogP contribution >= 0.6 is 0 Å². The van der Waals surface area contributed by atoms with Crippen molar-refractivity contribution in [1.29, 1.82) is 0 Å². The number of methoxy groups -OCH3 is 1. The fourth-order valence-electron chi connectivity index (χ4n) is 2.73. The molecule has 0 saturated carbocycles. The summed E-state index contributed by atoms with van der Waals surface area (Å²) in [6, 6.07) is 20.4. The Morgan fingerprint density at radius 1 is 0.923 bits per heavy atom. The number of rotatable bonds is 7. The van der Waals surface area contributed by atoms with E-state index >= 15 is 0 Å². The fraction of sp³-hybridized carbons (Fsp3) is 0.182. The first-order valence-electron chi connectivity index (χ1n) is 8.66. The van der Waals surface area contributed by atoms with Crippen LogP contribution in [0.5, 0.6) is 0 Å². The van der Waals surface area contributed by atoms with Gasteiger partial charge in [-0.05, 0) is 29.2 Å². The van der Waals surface area contributed by atoms with E-state index in [0.29, 0.717) is 18.7 Å². The third-order valence-electron chi connectivity index (χ3n) is 4.14. The molecule has 0 atom stereocenters. The van der Waals surface area contributed by atoms with E-state index in [4.69, 9.17) is 4.74 Å². The standard InChI is InChI=1S/C22H22N2O2/c1-26-13-5-12-24-22(25)21-14-20(15-23-16-21)19-10-8-18(9-11-19)17-6-3-2-4-7-17/h2-4,6-11,14-16H,5,12-13H2,1H3,(H,24,25). The zero-order valence-electron chi connectivity index (χ0n) is 14.8. The first-order chi connectivity index (χ1) is 12.8. The topological polar surface area (TPSA) is 51.2 Å². The van der Waals surface area contributed by atoms with E-state index in [1.807, 2.05) is 24.3 Å². The van der Waals surface area contributed by atoms with Gasteiger partial charge in [0.2, 0.25) is 0 Å². The number of amides is 1. The monoisotopic (exact) mass is 346 g/mol. The first-order valence-corrected chi connectivity index (χ1v) is 8.66. The van der Waals surface area contributed by atoms with Crippen molar-refractivity contribution in [1.82, 2.24) is 10.3 Å². The van der Waals surface area contributed by atoms with Gasteiger partial charge in [-0.15, -0.1) is 0 Å². The van der Waals surface area contributed by atoms with Gasteiger partial charge in [0, 0.05) is 38.2 Å². The molecule has 1 N–H and O–H groups in total. The minimum Gasteiger partial charge on any atom is -0.385 e. The maximum Gasteiger partial charge on any atom is 0.252 e. The fourth-order valence-corrected chi connectivity index (χ4v) is 2.73. The van der Waals surface area contributed by atoms with Crippen LogP contribution in [0.15, 0.2) is 73.1 Å². The molecule has 0 spiro atoms. The molecule has 26 heavy (non-hydrogen) atoms. The van der Waals surface area contributed by atoms with Crippen LogP contribution < -0.4 is 5.32 Å². The highest BCUT2D eigenvalue weighted by molar-refractivity contribution is 5.95. The van der Waals surface area contributed by atoms with Gasteiger partial charge in [-0.3, -0.25) is 9.78 Å². The van der Waals surface area contributed by atoms with Crippen molar-refractivity contribution >= 4 is 5.91 Å². The zero-order valence-corrected chi connectivity index (χ0v) is 14.8. The predicted molar refractivity (Wildman–Crippen MR) is 104 cm³/mol. The number of hydrogen-bond donors (Lipinski definition) is 1. The molecule has 4 nitrogen and oxygen atoms in total. The molecule has 0 aliphatic heterocycles. The molecule has 132 valence electrons. The average Bonchev–Trinajstić information content (AvgIpc) is 2.72. The lowest BCUT2D eigenvalue weighted by molar-refractivity contribution is 0.0948. The average molecular weight is 346 g/mol. The summed E-state index contributed by atoms with van der Waals surface area (Å²) in [5, 5.41) is 2.88. The van der Waals surface area contributed by atoms with E-state index in [0.717, 1.165) is 23.1 Å². The molecular weight excluding hydrogens is 324 g/mol. The molecule has 0 fully saturated rings. The quantitative estimate of drug-likeness (QED) is 0.653. The predicted octanol–water partition coefficient (Wildman–Crippen LogP) is 4.18. The number of aromatic nitrogens is 1. The number of nitrogens with one attached hydrogen (secondary N) is 1. The number of ether oxygens (including phenoxy) is 1. The third kappa shape index (κ3) is 4.55. The van der Waals surface area contributed by atoms with Gasteiger partial charge in [-0.25, -0.2) is 0 Å². The molecular formula is C22H22N2O2. The second-order valence-corrected chi connectivity index (χ2v) is 6.01. The molecule has 1 aromatic heterocycles. The Kier molecular flexibility index (Phi) is 6.12. The van der Waals surface area contributed by atoms with Crippen molar-refractivity contribution < 1.29 is 9.53 Å². The molecule has 4 heteroatoms. The van der Waals surface area contributed by atoms with Gasteiger partial charge in [-0.1, -0.05) is 54.6 Å². The van der Waals surface area contributed by atoms with E-state index < -0.39 is 0 Å². The minimum absolute atomic E-state index is 0.114. The van der Waals surface area contributed by atoms with Crippen LogP contribution in [-0.2, 0) is 4.74 Å². The van der Waals surface area contributed by atoms with Crippen molar-refractivity contribution in [2.45, 2.75) is 6.42 Å². The molecule has 0 radical (unpaired) electrons. The summed E-state index contributed by atoms with van der Waals surface area (Å²) in [6.45, 7) is 1.22. The van der Waals surface area contributed by atoms with Crippen molar-refractivity contribution in [3.8, 4) is 22.3 Å². The van der Waals surface area contributed by atoms with Gasteiger partial charge in [0.25, 0.3) is 5.91 Å². The number of hydrogen-bond acceptors (Lipinski definition) is 3. The van der Waals surface area contributed by atoms with Gasteiger partial charge in [-0.2, -0.15) is 0 Å². The summed E-state index contributed by atoms with van der Waals surface area (Å²) in [7, 11) is 1.65. The van der Waals surface area contributed by atoms with Gasteiger partial charge in [0.05, 0.1) is 5.56 Å². The van der Waals surface area contributed by atoms with Crippen LogP contribution in [0.25, 0.3) is 22.3 Å². The maximum atomic E-state index is 12.2. The van der Waals surface area contributed by atoms with Crippen LogP contribution in [0.1, 0.15) is 16.8 Å². The van der Waals surface area contributed by atoms with Crippen molar-refractivity contribution in [2.24, 2.45) is 0 Å². The number of nitrogens with zero attached hydrogens (tertiary/aromatic N) is 1. The number of benzene rings is 2. The molecule has 0 saturated heterocycles. The Labute approximate surface area is 153 Å². The highest BCUT2D eigenvalue weighted by atomic mass is 16.5. The normalized spacial score (nSPS) is 10.5. The van der Waals surface area contributed by atoms with Crippen LogP contribution in [0, 0.1) is 0 Å². The van der Waals surface area contributed by atoms with E-state index in [-0.39, 0.29) is 5.91 Å². The zero-order chi connectivity index (χ0) is 18.2. The van der Waals surface area contributed by atoms with Crippen LogP contribution in [0.2, 0.25) is 0 Å². The summed E-state index contributed by atoms with van der Waals surface area (Å²) < 4.78 is 4.98. The molecule has 3 rings (SSSR count). The molecule has 0 bridgehead atoms. The molecule has 3 aromatic rings. The van der Waals surface area contributed by atoms with Crippen molar-refractivity contribution in [2.75, 3.05) is 20.3 Å². The van der Waals surface area contributed by atoms with E-state index in [1.165, 1.54) is 5.56 Å². The highest BCUT2D eigenvalue weighted by Gasteiger charge is 2.08. The molecule has 1 heterocycles. The second-order valence-electron chi connectivity index (χ2n) is 6.01. The summed E-state index contributed by atoms with van der Waals surface area (Å²) in [4.78, 5) is 16.5. The Balaban J connectivity index is 1.72. The van der Waals surface area contributed by atoms with Crippen LogP contribution in [0.4, 0.5) is 0 Å². The Hall–Kier alpha value is -2.98. The second kappa shape index (κ2) is 8.92. The van der Waals surface area contributed by atoms with Gasteiger partial charge in [0.15, 0.2) is 0 Å². The molecule has 0 aliphatic rings. The van der Waals surface area contributed by atoms with Crippen LogP contribution in [0.3, 0.4) is 0 Å². The SMILES string of the molecule is COCCCNC(=O)c1cncc(-c2ccc(-c3ccccc3)cc2)c1. The summed E-state index contributed by atoms with van der Waals surface area (Å²) in [5.41, 5.74) is 4.86. The van der Waals surface area contributed by atoms with E-state index in [9.17, 15) is 4.79 Å². The first kappa shape index (κ1) is 17.8. The van der Waals surface area contributed by atoms with Crippen molar-refractivity contribution in [3.05, 3.63) is 78.6 Å². The lowest BCUT2D eigenvalue weighted by Crippen LogP contribution is -2.25. The van der Waals surface area contributed by atoms with Gasteiger partial charge in [0.1, 0.15) is 0 Å². The molecule has 0 unspecified atom stereocenters. The lowest BCUT2D eigenvalue weighted by Gasteiger charge is -2.08. The van der Waals surface area contributed by atoms with Crippen molar-refractivity contribution in [3.63, 3.8) is 0 Å². The lowest BCUT2D eigenvalue weighted by atomic mass is 10.0. The van der Waals surface area contributed by atoms with Gasteiger partial charge < -0.3 is 10.1 Å². The summed E-state index contributed by atoms with van der Waals surface area (Å²) in [5.74, 6) is -0.114. The summed E-state index contributed by atoms with van der Waals surface area (Å²) >= 11 is 0. The molecule has 0 aliphatic carbocycles. The van der Waals surface area contributed by atoms with E-state index in [1.54, 1.807) is 19.5 Å². The number of carbonyl (C=O) groups is 1. The van der Waals surface area contributed by atoms with E-state index in [2.05, 4.69) is 46.7 Å². The summed E-state index contributed by atoms with van der Waals surface area (Å²) in [6.07, 6.45) is 4.16. The maximum absolute atomic E-state index is 12.2. The Morgan fingerprint density at radius 3 is 2.27 bits per heavy atom. The number of pyridine rings is 1. The molecule has 1 amide bonds. The smallest absolute Gasteiger partial charge is 0.252 e. The van der Waals surface area contributed by atoms with Crippen LogP contribution in [-0.4, -0.2) is 31.2 Å². The number of carbonyl (C=O) groups excluding carboxylic acids is 1. The highest BCUT2D eigenvalue weighted by Crippen LogP contribution is 2.24. The largest absolute Gasteiger partial charge is 0.385 e. The third-order valence-corrected chi connectivity index (χ3v) is 4.14.